The Morgan fingerprint density at radius 3 is 2.75 bits per heavy atom. The van der Waals surface area contributed by atoms with Gasteiger partial charge in [-0.2, -0.15) is 0 Å². The predicted molar refractivity (Wildman–Crippen MR) is 55.1 cm³/mol. The largest absolute Gasteiger partial charge is 0.0988 e. The van der Waals surface area contributed by atoms with E-state index in [4.69, 9.17) is 0 Å². The summed E-state index contributed by atoms with van der Waals surface area (Å²) < 4.78 is 0. The summed E-state index contributed by atoms with van der Waals surface area (Å²) >= 11 is 0. The molecule has 12 heavy (non-hydrogen) atoms. The van der Waals surface area contributed by atoms with E-state index in [0.717, 1.165) is 5.92 Å². The van der Waals surface area contributed by atoms with Gasteiger partial charge in [-0.3, -0.25) is 0 Å². The molecular weight excluding hydrogens is 144 g/mol. The smallest absolute Gasteiger partial charge is 0.0250 e. The number of hydrogen-bond acceptors (Lipinski definition) is 0. The van der Waals surface area contributed by atoms with Crippen molar-refractivity contribution in [2.24, 2.45) is 5.92 Å². The first-order chi connectivity index (χ1) is 5.77. The van der Waals surface area contributed by atoms with Gasteiger partial charge in [-0.25, -0.2) is 0 Å². The summed E-state index contributed by atoms with van der Waals surface area (Å²) in [6, 6.07) is 0. The summed E-state index contributed by atoms with van der Waals surface area (Å²) in [5.41, 5.74) is 2.94. The van der Waals surface area contributed by atoms with Crippen LogP contribution in [0.3, 0.4) is 0 Å². The van der Waals surface area contributed by atoms with E-state index in [1.807, 2.05) is 6.08 Å². The van der Waals surface area contributed by atoms with Gasteiger partial charge in [-0.15, -0.1) is 0 Å². The molecule has 0 aromatic rings. The minimum atomic E-state index is 0.847. The van der Waals surface area contributed by atoms with Gasteiger partial charge < -0.3 is 0 Å². The first kappa shape index (κ1) is 9.31. The zero-order valence-corrected chi connectivity index (χ0v) is 8.14. The SMILES string of the molecule is C=CC1=C(C=CC)CC(C)CC1. The van der Waals surface area contributed by atoms with Crippen molar-refractivity contribution in [3.05, 3.63) is 36.0 Å². The molecule has 0 aliphatic heterocycles. The highest BCUT2D eigenvalue weighted by molar-refractivity contribution is 5.34. The Kier molecular flexibility index (Phi) is 3.33. The molecule has 1 atom stereocenters. The fourth-order valence-corrected chi connectivity index (χ4v) is 1.78. The number of allylic oxidation sites excluding steroid dienone is 5. The third kappa shape index (κ3) is 2.10. The molecule has 1 aliphatic rings. The summed E-state index contributed by atoms with van der Waals surface area (Å²) in [6.07, 6.45) is 10.1. The molecule has 0 saturated carbocycles. The highest BCUT2D eigenvalue weighted by Gasteiger charge is 2.13. The fourth-order valence-electron chi connectivity index (χ4n) is 1.78. The number of hydrogen-bond donors (Lipinski definition) is 0. The second kappa shape index (κ2) is 4.30. The first-order valence-electron chi connectivity index (χ1n) is 4.75. The summed E-state index contributed by atoms with van der Waals surface area (Å²) in [4.78, 5) is 0. The molecule has 0 fully saturated rings. The molecule has 0 heteroatoms. The minimum Gasteiger partial charge on any atom is -0.0988 e. The van der Waals surface area contributed by atoms with Gasteiger partial charge in [0.2, 0.25) is 0 Å². The summed E-state index contributed by atoms with van der Waals surface area (Å²) in [6.45, 7) is 8.25. The fraction of sp³-hybridized carbons (Fsp3) is 0.500. The molecule has 0 amide bonds. The van der Waals surface area contributed by atoms with Crippen molar-refractivity contribution in [3.8, 4) is 0 Å². The van der Waals surface area contributed by atoms with Crippen LogP contribution in [0.25, 0.3) is 0 Å². The van der Waals surface area contributed by atoms with Crippen molar-refractivity contribution in [3.63, 3.8) is 0 Å². The van der Waals surface area contributed by atoms with Crippen LogP contribution in [0.2, 0.25) is 0 Å². The molecule has 1 rings (SSSR count). The Morgan fingerprint density at radius 2 is 2.17 bits per heavy atom. The lowest BCUT2D eigenvalue weighted by atomic mass is 9.85. The average Bonchev–Trinajstić information content (AvgIpc) is 2.05. The van der Waals surface area contributed by atoms with Gasteiger partial charge in [0.1, 0.15) is 0 Å². The van der Waals surface area contributed by atoms with Crippen LogP contribution in [0, 0.1) is 5.92 Å². The van der Waals surface area contributed by atoms with Crippen LogP contribution in [-0.2, 0) is 0 Å². The molecule has 0 N–H and O–H groups in total. The molecule has 0 nitrogen and oxygen atoms in total. The molecule has 1 unspecified atom stereocenters. The van der Waals surface area contributed by atoms with Crippen LogP contribution in [-0.4, -0.2) is 0 Å². The molecule has 0 spiro atoms. The third-order valence-electron chi connectivity index (χ3n) is 2.50. The second-order valence-electron chi connectivity index (χ2n) is 3.60. The van der Waals surface area contributed by atoms with Gasteiger partial charge in [-0.1, -0.05) is 31.7 Å². The van der Waals surface area contributed by atoms with Crippen LogP contribution in [0.1, 0.15) is 33.1 Å². The lowest BCUT2D eigenvalue weighted by Gasteiger charge is -2.21. The Balaban J connectivity index is 2.84. The Hall–Kier alpha value is -0.780. The maximum Gasteiger partial charge on any atom is -0.0250 e. The standard InChI is InChI=1S/C12H18/c1-4-6-12-9-10(3)7-8-11(12)5-2/h4-6,10H,2,7-9H2,1,3H3. The maximum absolute atomic E-state index is 3.85. The van der Waals surface area contributed by atoms with Crippen molar-refractivity contribution in [2.75, 3.05) is 0 Å². The predicted octanol–water partition coefficient (Wildman–Crippen LogP) is 3.87. The second-order valence-corrected chi connectivity index (χ2v) is 3.60. The molecule has 1 aliphatic carbocycles. The van der Waals surface area contributed by atoms with Gasteiger partial charge in [0.05, 0.1) is 0 Å². The zero-order chi connectivity index (χ0) is 8.97. The summed E-state index contributed by atoms with van der Waals surface area (Å²) in [7, 11) is 0. The average molecular weight is 162 g/mol. The van der Waals surface area contributed by atoms with E-state index in [2.05, 4.69) is 32.6 Å². The molecule has 0 aromatic carbocycles. The lowest BCUT2D eigenvalue weighted by Crippen LogP contribution is -2.05. The summed E-state index contributed by atoms with van der Waals surface area (Å²) in [5.74, 6) is 0.847. The van der Waals surface area contributed by atoms with Gasteiger partial charge in [0.25, 0.3) is 0 Å². The minimum absolute atomic E-state index is 0.847. The van der Waals surface area contributed by atoms with Crippen LogP contribution in [0.15, 0.2) is 36.0 Å². The third-order valence-corrected chi connectivity index (χ3v) is 2.50. The molecule has 0 radical (unpaired) electrons. The summed E-state index contributed by atoms with van der Waals surface area (Å²) in [5, 5.41) is 0. The van der Waals surface area contributed by atoms with Crippen molar-refractivity contribution in [2.45, 2.75) is 33.1 Å². The van der Waals surface area contributed by atoms with E-state index in [0.29, 0.717) is 0 Å². The first-order valence-corrected chi connectivity index (χ1v) is 4.75. The number of rotatable bonds is 2. The molecule has 0 aromatic heterocycles. The maximum atomic E-state index is 3.85. The zero-order valence-electron chi connectivity index (χ0n) is 8.14. The van der Waals surface area contributed by atoms with E-state index in [9.17, 15) is 0 Å². The molecule has 0 heterocycles. The molecule has 66 valence electrons. The molecule has 0 bridgehead atoms. The van der Waals surface area contributed by atoms with Gasteiger partial charge in [0.15, 0.2) is 0 Å². The Labute approximate surface area is 75.7 Å². The topological polar surface area (TPSA) is 0 Å². The van der Waals surface area contributed by atoms with Gasteiger partial charge >= 0.3 is 0 Å². The van der Waals surface area contributed by atoms with E-state index in [1.54, 1.807) is 0 Å². The van der Waals surface area contributed by atoms with Crippen molar-refractivity contribution < 1.29 is 0 Å². The van der Waals surface area contributed by atoms with E-state index in [1.165, 1.54) is 30.4 Å². The van der Waals surface area contributed by atoms with Gasteiger partial charge in [-0.05, 0) is 43.3 Å². The monoisotopic (exact) mass is 162 g/mol. The quantitative estimate of drug-likeness (QED) is 0.578. The van der Waals surface area contributed by atoms with Crippen LogP contribution < -0.4 is 0 Å². The van der Waals surface area contributed by atoms with Crippen molar-refractivity contribution in [1.82, 2.24) is 0 Å². The highest BCUT2D eigenvalue weighted by Crippen LogP contribution is 2.30. The highest BCUT2D eigenvalue weighted by atomic mass is 14.2. The van der Waals surface area contributed by atoms with E-state index < -0.39 is 0 Å². The Bertz CT molecular complexity index is 218. The Morgan fingerprint density at radius 1 is 1.42 bits per heavy atom. The van der Waals surface area contributed by atoms with Crippen LogP contribution in [0.4, 0.5) is 0 Å². The van der Waals surface area contributed by atoms with Gasteiger partial charge in [0, 0.05) is 0 Å². The van der Waals surface area contributed by atoms with Crippen LogP contribution >= 0.6 is 0 Å². The molecule has 0 saturated heterocycles. The van der Waals surface area contributed by atoms with Crippen molar-refractivity contribution in [1.29, 1.82) is 0 Å². The van der Waals surface area contributed by atoms with E-state index in [-0.39, 0.29) is 0 Å². The van der Waals surface area contributed by atoms with E-state index >= 15 is 0 Å². The normalized spacial score (nSPS) is 25.0. The van der Waals surface area contributed by atoms with Crippen molar-refractivity contribution >= 4 is 0 Å². The van der Waals surface area contributed by atoms with Crippen LogP contribution in [0.5, 0.6) is 0 Å². The molecular formula is C12H18. The lowest BCUT2D eigenvalue weighted by molar-refractivity contribution is 0.507.